The van der Waals surface area contributed by atoms with Crippen molar-refractivity contribution in [2.75, 3.05) is 23.4 Å². The number of aliphatic hydroxyl groups is 1. The summed E-state index contributed by atoms with van der Waals surface area (Å²) in [5, 5.41) is 13.8. The highest BCUT2D eigenvalue weighted by Gasteiger charge is 2.66. The summed E-state index contributed by atoms with van der Waals surface area (Å²) in [6, 6.07) is 30.6. The Morgan fingerprint density at radius 3 is 2.44 bits per heavy atom. The maximum atomic E-state index is 14.9. The van der Waals surface area contributed by atoms with E-state index in [0.717, 1.165) is 32.1 Å². The standard InChI is InChI=1S/C42H45BrN4O6Si/c1-27-40(54(2,3)52)37(23-39(50)46(19-20-48)25-28-9-5-4-6-10-28)53-42(27)34-22-31(43)15-18-36(34)47(41(42)51)26-29-13-16-32(17-14-29)45-38(49)21-30-24-44-35-12-8-7-11-33(30)35/h4-18,22,24,27,37,40,44,48,52H,19-21,23,25-26H2,1-3H3,(H,45,49)/t27-,37+,40-,42+/m0/s1. The van der Waals surface area contributed by atoms with E-state index < -0.39 is 31.5 Å². The van der Waals surface area contributed by atoms with Gasteiger partial charge in [-0.1, -0.05) is 83.5 Å². The van der Waals surface area contributed by atoms with Crippen molar-refractivity contribution in [1.82, 2.24) is 9.88 Å². The van der Waals surface area contributed by atoms with Gasteiger partial charge < -0.3 is 34.7 Å². The Hall–Kier alpha value is -4.59. The fourth-order valence-electron chi connectivity index (χ4n) is 8.46. The lowest BCUT2D eigenvalue weighted by Crippen LogP contribution is -2.46. The van der Waals surface area contributed by atoms with E-state index in [-0.39, 0.29) is 50.3 Å². The molecule has 2 aliphatic heterocycles. The number of rotatable bonds is 12. The minimum Gasteiger partial charge on any atom is -0.432 e. The third-order valence-corrected chi connectivity index (χ3v) is 13.9. The van der Waals surface area contributed by atoms with Crippen molar-refractivity contribution in [1.29, 1.82) is 0 Å². The number of aliphatic hydroxyl groups excluding tert-OH is 1. The van der Waals surface area contributed by atoms with Crippen LogP contribution in [-0.2, 0) is 44.2 Å². The van der Waals surface area contributed by atoms with Gasteiger partial charge in [0.25, 0.3) is 5.91 Å². The summed E-state index contributed by atoms with van der Waals surface area (Å²) >= 11 is 3.61. The number of hydrogen-bond acceptors (Lipinski definition) is 6. The van der Waals surface area contributed by atoms with Crippen molar-refractivity contribution in [3.8, 4) is 0 Å². The van der Waals surface area contributed by atoms with Crippen LogP contribution in [0, 0.1) is 5.92 Å². The number of fused-ring (bicyclic) bond motifs is 3. The molecule has 4 N–H and O–H groups in total. The van der Waals surface area contributed by atoms with Crippen LogP contribution in [0.4, 0.5) is 11.4 Å². The van der Waals surface area contributed by atoms with Crippen molar-refractivity contribution in [3.63, 3.8) is 0 Å². The Morgan fingerprint density at radius 1 is 1.00 bits per heavy atom. The number of H-pyrrole nitrogens is 1. The van der Waals surface area contributed by atoms with Gasteiger partial charge in [-0.3, -0.25) is 14.4 Å². The molecule has 1 aromatic heterocycles. The van der Waals surface area contributed by atoms with Gasteiger partial charge in [0.1, 0.15) is 0 Å². The number of carbonyl (C=O) groups is 3. The fourth-order valence-corrected chi connectivity index (χ4v) is 11.4. The van der Waals surface area contributed by atoms with E-state index in [2.05, 4.69) is 26.2 Å². The number of benzene rings is 4. The van der Waals surface area contributed by atoms with Gasteiger partial charge in [-0.15, -0.1) is 0 Å². The van der Waals surface area contributed by atoms with Gasteiger partial charge >= 0.3 is 0 Å². The predicted molar refractivity (Wildman–Crippen MR) is 215 cm³/mol. The molecule has 5 aromatic rings. The number of nitrogens with zero attached hydrogens (tertiary/aromatic N) is 2. The number of nitrogens with one attached hydrogen (secondary N) is 2. The predicted octanol–water partition coefficient (Wildman–Crippen LogP) is 6.87. The van der Waals surface area contributed by atoms with E-state index in [0.29, 0.717) is 23.5 Å². The number of ether oxygens (including phenoxy) is 1. The zero-order chi connectivity index (χ0) is 38.2. The summed E-state index contributed by atoms with van der Waals surface area (Å²) in [5.41, 5.74) is 3.91. The minimum atomic E-state index is -3.02. The van der Waals surface area contributed by atoms with Crippen molar-refractivity contribution >= 4 is 64.2 Å². The Morgan fingerprint density at radius 2 is 1.72 bits per heavy atom. The van der Waals surface area contributed by atoms with Crippen LogP contribution in [0.3, 0.4) is 0 Å². The van der Waals surface area contributed by atoms with Crippen LogP contribution in [0.1, 0.15) is 35.6 Å². The number of aromatic amines is 1. The Labute approximate surface area is 324 Å². The average Bonchev–Trinajstić information content (AvgIpc) is 3.75. The van der Waals surface area contributed by atoms with Crippen molar-refractivity contribution in [2.45, 2.75) is 63.2 Å². The average molecular weight is 810 g/mol. The normalized spacial score (nSPS) is 20.8. The zero-order valence-corrected chi connectivity index (χ0v) is 33.2. The Balaban J connectivity index is 1.11. The fraction of sp³-hybridized carbons (Fsp3) is 0.310. The highest BCUT2D eigenvalue weighted by molar-refractivity contribution is 9.10. The third-order valence-electron chi connectivity index (χ3n) is 10.9. The number of hydrogen-bond donors (Lipinski definition) is 4. The molecular weight excluding hydrogens is 764 g/mol. The molecule has 0 saturated carbocycles. The number of anilines is 2. The molecule has 7 rings (SSSR count). The molecule has 54 heavy (non-hydrogen) atoms. The maximum Gasteiger partial charge on any atom is 0.264 e. The van der Waals surface area contributed by atoms with Crippen molar-refractivity contribution < 1.29 is 29.0 Å². The van der Waals surface area contributed by atoms with Crippen LogP contribution < -0.4 is 10.2 Å². The lowest BCUT2D eigenvalue weighted by molar-refractivity contribution is -0.150. The second-order valence-corrected chi connectivity index (χ2v) is 19.8. The molecule has 4 atom stereocenters. The van der Waals surface area contributed by atoms with Gasteiger partial charge in [0.05, 0.1) is 37.8 Å². The third kappa shape index (κ3) is 7.28. The van der Waals surface area contributed by atoms with E-state index >= 15 is 0 Å². The van der Waals surface area contributed by atoms with Crippen LogP contribution in [0.25, 0.3) is 10.9 Å². The molecule has 1 spiro atoms. The first kappa shape index (κ1) is 37.7. The molecule has 1 saturated heterocycles. The topological polar surface area (TPSA) is 135 Å². The van der Waals surface area contributed by atoms with Crippen molar-refractivity contribution in [2.24, 2.45) is 5.92 Å². The van der Waals surface area contributed by atoms with Gasteiger partial charge in [-0.2, -0.15) is 0 Å². The first-order chi connectivity index (χ1) is 25.9. The number of aromatic nitrogens is 1. The molecule has 12 heteroatoms. The summed E-state index contributed by atoms with van der Waals surface area (Å²) in [7, 11) is -3.02. The summed E-state index contributed by atoms with van der Waals surface area (Å²) < 4.78 is 7.69. The molecule has 3 heterocycles. The Bertz CT molecular complexity index is 2170. The second-order valence-electron chi connectivity index (χ2n) is 14.9. The van der Waals surface area contributed by atoms with Crippen LogP contribution >= 0.6 is 15.9 Å². The van der Waals surface area contributed by atoms with E-state index in [1.165, 1.54) is 0 Å². The minimum absolute atomic E-state index is 0.0370. The summed E-state index contributed by atoms with van der Waals surface area (Å²) in [6.07, 6.45) is 1.33. The highest BCUT2D eigenvalue weighted by Crippen LogP contribution is 2.60. The lowest BCUT2D eigenvalue weighted by Gasteiger charge is -2.32. The first-order valence-corrected chi connectivity index (χ1v) is 22.1. The van der Waals surface area contributed by atoms with Gasteiger partial charge in [-0.25, -0.2) is 0 Å². The number of para-hydroxylation sites is 1. The van der Waals surface area contributed by atoms with E-state index in [1.807, 2.05) is 123 Å². The van der Waals surface area contributed by atoms with E-state index in [4.69, 9.17) is 4.74 Å². The van der Waals surface area contributed by atoms with E-state index in [9.17, 15) is 24.3 Å². The molecule has 0 bridgehead atoms. The lowest BCUT2D eigenvalue weighted by atomic mass is 9.82. The second kappa shape index (κ2) is 15.3. The largest absolute Gasteiger partial charge is 0.432 e. The molecule has 4 aromatic carbocycles. The molecule has 280 valence electrons. The molecule has 2 aliphatic rings. The first-order valence-electron chi connectivity index (χ1n) is 18.3. The summed E-state index contributed by atoms with van der Waals surface area (Å²) in [5.74, 6) is -1.03. The smallest absolute Gasteiger partial charge is 0.264 e. The quantitative estimate of drug-likeness (QED) is 0.102. The molecule has 1 fully saturated rings. The molecular formula is C42H45BrN4O6Si. The molecule has 0 aliphatic carbocycles. The van der Waals surface area contributed by atoms with Crippen LogP contribution in [0.15, 0.2) is 108 Å². The van der Waals surface area contributed by atoms with Crippen LogP contribution in [-0.4, -0.2) is 65.1 Å². The summed E-state index contributed by atoms with van der Waals surface area (Å²) in [4.78, 5) is 60.0. The van der Waals surface area contributed by atoms with Crippen LogP contribution in [0.5, 0.6) is 0 Å². The SMILES string of the molecule is C[C@H]1[C@H]([Si](C)(C)O)[C@@H](CC(=O)N(CCO)Cc2ccccc2)O[C@]12C(=O)N(Cc1ccc(NC(=O)Cc3c[nH]c4ccccc34)cc1)c1ccc(Br)cc12. The van der Waals surface area contributed by atoms with Gasteiger partial charge in [0, 0.05) is 57.4 Å². The maximum absolute atomic E-state index is 14.9. The molecule has 0 unspecified atom stereocenters. The number of carbonyl (C=O) groups excluding carboxylic acids is 3. The molecule has 0 radical (unpaired) electrons. The van der Waals surface area contributed by atoms with Gasteiger partial charge in [-0.05, 0) is 66.2 Å². The molecule has 10 nitrogen and oxygen atoms in total. The van der Waals surface area contributed by atoms with Crippen molar-refractivity contribution in [3.05, 3.63) is 130 Å². The molecule has 3 amide bonds. The van der Waals surface area contributed by atoms with Crippen LogP contribution in [0.2, 0.25) is 18.6 Å². The monoisotopic (exact) mass is 808 g/mol. The zero-order valence-electron chi connectivity index (χ0n) is 30.6. The van der Waals surface area contributed by atoms with Gasteiger partial charge in [0.2, 0.25) is 11.8 Å². The number of halogens is 1. The highest BCUT2D eigenvalue weighted by atomic mass is 79.9. The van der Waals surface area contributed by atoms with E-state index in [1.54, 1.807) is 9.80 Å². The number of amides is 3. The van der Waals surface area contributed by atoms with Gasteiger partial charge in [0.15, 0.2) is 13.9 Å². The summed E-state index contributed by atoms with van der Waals surface area (Å²) in [6.45, 7) is 6.17. The Kier molecular flexibility index (Phi) is 10.7.